The number of hydrogen-bond donors (Lipinski definition) is 2. The Bertz CT molecular complexity index is 540. The van der Waals surface area contributed by atoms with Gasteiger partial charge in [0.05, 0.1) is 0 Å². The molecule has 0 unspecified atom stereocenters. The van der Waals surface area contributed by atoms with Crippen molar-refractivity contribution in [3.05, 3.63) is 71.8 Å². The topological polar surface area (TPSA) is 74.6 Å². The van der Waals surface area contributed by atoms with Crippen LogP contribution in [-0.4, -0.2) is 19.3 Å². The molecule has 0 aliphatic rings. The van der Waals surface area contributed by atoms with Crippen LogP contribution in [0, 0.1) is 0 Å². The van der Waals surface area contributed by atoms with Gasteiger partial charge in [-0.2, -0.15) is 0 Å². The molecule has 0 atom stereocenters. The summed E-state index contributed by atoms with van der Waals surface area (Å²) in [5, 5.41) is -1.91. The maximum Gasteiger partial charge on any atom is 0.277 e. The van der Waals surface area contributed by atoms with Gasteiger partial charge in [-0.3, -0.25) is 18.7 Å². The maximum absolute atomic E-state index is 12.0. The van der Waals surface area contributed by atoms with Crippen LogP contribution in [0.4, 0.5) is 0 Å². The molecular weight excluding hydrogens is 264 g/mol. The van der Waals surface area contributed by atoms with Crippen LogP contribution in [0.5, 0.6) is 0 Å². The smallest absolute Gasteiger partial charge is 0.277 e. The second kappa shape index (κ2) is 5.36. The van der Waals surface area contributed by atoms with Crippen LogP contribution in [0.3, 0.4) is 0 Å². The maximum atomic E-state index is 12.0. The fraction of sp³-hybridized carbons (Fsp3) is 0. The standard InChI is InChI=1S/C14H12O4S/c15-13(11-7-3-1-4-8-11)19(17,18)14(16)12-9-5-2-6-10-12/h1-10,17-18H. The van der Waals surface area contributed by atoms with Gasteiger partial charge in [0.2, 0.25) is 0 Å². The lowest BCUT2D eigenvalue weighted by Gasteiger charge is -2.27. The van der Waals surface area contributed by atoms with Gasteiger partial charge < -0.3 is 0 Å². The van der Waals surface area contributed by atoms with Gasteiger partial charge in [0.15, 0.2) is 0 Å². The number of carbonyl (C=O) groups is 2. The molecule has 4 nitrogen and oxygen atoms in total. The zero-order chi connectivity index (χ0) is 13.9. The largest absolute Gasteiger partial charge is 0.285 e. The van der Waals surface area contributed by atoms with Crippen LogP contribution in [0.1, 0.15) is 20.7 Å². The molecule has 2 aromatic rings. The second-order valence-electron chi connectivity index (χ2n) is 3.86. The summed E-state index contributed by atoms with van der Waals surface area (Å²) in [7, 11) is -4.02. The van der Waals surface area contributed by atoms with E-state index < -0.39 is 20.8 Å². The number of benzene rings is 2. The van der Waals surface area contributed by atoms with E-state index in [0.29, 0.717) is 0 Å². The molecule has 0 aliphatic carbocycles. The van der Waals surface area contributed by atoms with Crippen LogP contribution in [-0.2, 0) is 0 Å². The lowest BCUT2D eigenvalue weighted by atomic mass is 10.2. The molecule has 5 heteroatoms. The first-order valence-electron chi connectivity index (χ1n) is 5.50. The fourth-order valence-electron chi connectivity index (χ4n) is 1.56. The molecule has 0 amide bonds. The van der Waals surface area contributed by atoms with Crippen LogP contribution in [0.25, 0.3) is 0 Å². The van der Waals surface area contributed by atoms with Crippen LogP contribution >= 0.6 is 10.6 Å². The molecule has 98 valence electrons. The molecule has 0 bridgehead atoms. The summed E-state index contributed by atoms with van der Waals surface area (Å²) in [5.74, 6) is 0. The van der Waals surface area contributed by atoms with Crippen molar-refractivity contribution in [3.63, 3.8) is 0 Å². The molecule has 2 aromatic carbocycles. The van der Waals surface area contributed by atoms with Gasteiger partial charge >= 0.3 is 0 Å². The first kappa shape index (κ1) is 13.5. The molecule has 2 rings (SSSR count). The average Bonchev–Trinajstić information content (AvgIpc) is 2.47. The van der Waals surface area contributed by atoms with E-state index in [4.69, 9.17) is 0 Å². The third-order valence-electron chi connectivity index (χ3n) is 2.54. The number of hydrogen-bond acceptors (Lipinski definition) is 4. The van der Waals surface area contributed by atoms with Crippen molar-refractivity contribution < 1.29 is 18.7 Å². The molecule has 0 fully saturated rings. The molecule has 19 heavy (non-hydrogen) atoms. The van der Waals surface area contributed by atoms with Crippen LogP contribution < -0.4 is 0 Å². The number of rotatable bonds is 2. The Morgan fingerprint density at radius 3 is 1.32 bits per heavy atom. The Morgan fingerprint density at radius 1 is 0.684 bits per heavy atom. The fourth-order valence-corrected chi connectivity index (χ4v) is 2.66. The monoisotopic (exact) mass is 276 g/mol. The van der Waals surface area contributed by atoms with E-state index in [1.54, 1.807) is 36.4 Å². The molecule has 0 spiro atoms. The highest BCUT2D eigenvalue weighted by molar-refractivity contribution is 8.48. The van der Waals surface area contributed by atoms with E-state index in [9.17, 15) is 18.7 Å². The van der Waals surface area contributed by atoms with E-state index >= 15 is 0 Å². The predicted molar refractivity (Wildman–Crippen MR) is 74.4 cm³/mol. The minimum Gasteiger partial charge on any atom is -0.285 e. The Labute approximate surface area is 112 Å². The van der Waals surface area contributed by atoms with Crippen molar-refractivity contribution >= 4 is 20.8 Å². The van der Waals surface area contributed by atoms with E-state index in [1.807, 2.05) is 0 Å². The predicted octanol–water partition coefficient (Wildman–Crippen LogP) is 3.42. The van der Waals surface area contributed by atoms with Crippen LogP contribution in [0.2, 0.25) is 0 Å². The van der Waals surface area contributed by atoms with Gasteiger partial charge in [-0.15, -0.1) is 0 Å². The van der Waals surface area contributed by atoms with Gasteiger partial charge in [0.25, 0.3) is 10.2 Å². The second-order valence-corrected chi connectivity index (χ2v) is 5.70. The van der Waals surface area contributed by atoms with Crippen molar-refractivity contribution in [2.24, 2.45) is 0 Å². The summed E-state index contributed by atoms with van der Waals surface area (Å²) in [4.78, 5) is 24.0. The van der Waals surface area contributed by atoms with Crippen molar-refractivity contribution in [1.29, 1.82) is 0 Å². The van der Waals surface area contributed by atoms with Crippen molar-refractivity contribution in [3.8, 4) is 0 Å². The lowest BCUT2D eigenvalue weighted by Crippen LogP contribution is -2.20. The van der Waals surface area contributed by atoms with E-state index in [0.717, 1.165) is 0 Å². The number of carbonyl (C=O) groups excluding carboxylic acids is 2. The molecule has 0 saturated carbocycles. The Kier molecular flexibility index (Phi) is 3.80. The molecule has 0 saturated heterocycles. The van der Waals surface area contributed by atoms with Crippen molar-refractivity contribution in [1.82, 2.24) is 0 Å². The Balaban J connectivity index is 2.33. The van der Waals surface area contributed by atoms with Crippen molar-refractivity contribution in [2.45, 2.75) is 0 Å². The molecule has 0 radical (unpaired) electrons. The summed E-state index contributed by atoms with van der Waals surface area (Å²) in [6, 6.07) is 15.5. The highest BCUT2D eigenvalue weighted by atomic mass is 32.3. The third-order valence-corrected chi connectivity index (χ3v) is 4.04. The molecule has 0 heterocycles. The summed E-state index contributed by atoms with van der Waals surface area (Å²) in [5.41, 5.74) is 0.207. The van der Waals surface area contributed by atoms with Crippen molar-refractivity contribution in [2.75, 3.05) is 0 Å². The van der Waals surface area contributed by atoms with E-state index in [2.05, 4.69) is 0 Å². The Hall–Kier alpha value is -1.95. The summed E-state index contributed by atoms with van der Waals surface area (Å²) >= 11 is 0. The van der Waals surface area contributed by atoms with Gasteiger partial charge in [0.1, 0.15) is 0 Å². The van der Waals surface area contributed by atoms with Gasteiger partial charge in [-0.25, -0.2) is 0 Å². The zero-order valence-corrected chi connectivity index (χ0v) is 10.7. The Morgan fingerprint density at radius 2 is 1.00 bits per heavy atom. The third kappa shape index (κ3) is 2.73. The molecule has 0 aromatic heterocycles. The quantitative estimate of drug-likeness (QED) is 0.881. The lowest BCUT2D eigenvalue weighted by molar-refractivity contribution is 0.101. The van der Waals surface area contributed by atoms with Gasteiger partial charge in [-0.1, -0.05) is 47.0 Å². The highest BCUT2D eigenvalue weighted by Gasteiger charge is 2.33. The normalized spacial score (nSPS) is 11.9. The summed E-state index contributed by atoms with van der Waals surface area (Å²) in [6.07, 6.45) is 0. The molecule has 0 aliphatic heterocycles. The first-order chi connectivity index (χ1) is 9.03. The zero-order valence-electron chi connectivity index (χ0n) is 9.89. The highest BCUT2D eigenvalue weighted by Crippen LogP contribution is 2.45. The van der Waals surface area contributed by atoms with Gasteiger partial charge in [0, 0.05) is 11.1 Å². The van der Waals surface area contributed by atoms with E-state index in [1.165, 1.54) is 24.3 Å². The average molecular weight is 276 g/mol. The molecule has 2 N–H and O–H groups in total. The van der Waals surface area contributed by atoms with E-state index in [-0.39, 0.29) is 11.1 Å². The first-order valence-corrected chi connectivity index (χ1v) is 7.05. The minimum absolute atomic E-state index is 0.104. The summed E-state index contributed by atoms with van der Waals surface area (Å²) < 4.78 is 19.8. The van der Waals surface area contributed by atoms with Crippen LogP contribution in [0.15, 0.2) is 60.7 Å². The molecular formula is C14H12O4S. The SMILES string of the molecule is O=C(c1ccccc1)S(O)(O)C(=O)c1ccccc1. The summed E-state index contributed by atoms with van der Waals surface area (Å²) in [6.45, 7) is 0. The van der Waals surface area contributed by atoms with Gasteiger partial charge in [-0.05, 0) is 24.3 Å². The minimum atomic E-state index is -4.02.